The number of pyridine rings is 1. The van der Waals surface area contributed by atoms with Crippen molar-refractivity contribution < 1.29 is 9.59 Å². The minimum Gasteiger partial charge on any atom is -0.385 e. The molecule has 5 nitrogen and oxygen atoms in total. The van der Waals surface area contributed by atoms with Gasteiger partial charge in [-0.2, -0.15) is 0 Å². The molecule has 0 radical (unpaired) electrons. The molecule has 114 valence electrons. The van der Waals surface area contributed by atoms with Crippen molar-refractivity contribution in [3.05, 3.63) is 24.0 Å². The Balaban J connectivity index is 2.07. The zero-order valence-electron chi connectivity index (χ0n) is 13.0. The van der Waals surface area contributed by atoms with Crippen molar-refractivity contribution in [1.82, 2.24) is 9.88 Å². The first kappa shape index (κ1) is 15.5. The molecule has 0 unspecified atom stereocenters. The van der Waals surface area contributed by atoms with Gasteiger partial charge in [0.2, 0.25) is 11.8 Å². The number of carbonyl (C=O) groups is 2. The van der Waals surface area contributed by atoms with E-state index < -0.39 is 0 Å². The quantitative estimate of drug-likeness (QED) is 0.846. The van der Waals surface area contributed by atoms with Crippen LogP contribution in [0.15, 0.2) is 18.3 Å². The summed E-state index contributed by atoms with van der Waals surface area (Å²) in [6.07, 6.45) is 3.56. The average Bonchev–Trinajstić information content (AvgIpc) is 2.40. The van der Waals surface area contributed by atoms with Crippen LogP contribution < -0.4 is 5.32 Å². The summed E-state index contributed by atoms with van der Waals surface area (Å²) in [5.41, 5.74) is 1.47. The smallest absolute Gasteiger partial charge is 0.230 e. The van der Waals surface area contributed by atoms with Gasteiger partial charge in [-0.05, 0) is 24.0 Å². The molecule has 1 fully saturated rings. The predicted octanol–water partition coefficient (Wildman–Crippen LogP) is 2.58. The van der Waals surface area contributed by atoms with Crippen LogP contribution in [0.2, 0.25) is 0 Å². The third kappa shape index (κ3) is 4.03. The van der Waals surface area contributed by atoms with Crippen molar-refractivity contribution in [3.8, 4) is 0 Å². The molecule has 0 bridgehead atoms. The Morgan fingerprint density at radius 1 is 1.29 bits per heavy atom. The molecule has 2 heterocycles. The van der Waals surface area contributed by atoms with Gasteiger partial charge in [0.05, 0.1) is 12.2 Å². The molecule has 1 saturated heterocycles. The second kappa shape index (κ2) is 6.24. The highest BCUT2D eigenvalue weighted by atomic mass is 16.2. The standard InChI is InChI=1S/C16H23N3O2/c1-4-6-17-12-5-7-18-13(8-12)11-19-14(20)9-16(2,3)10-15(19)21/h5,7-8H,4,6,9-11H2,1-3H3,(H,17,18). The molecule has 0 saturated carbocycles. The van der Waals surface area contributed by atoms with Crippen LogP contribution in [0.25, 0.3) is 0 Å². The van der Waals surface area contributed by atoms with Crippen molar-refractivity contribution >= 4 is 17.5 Å². The third-order valence-electron chi connectivity index (χ3n) is 3.58. The van der Waals surface area contributed by atoms with Crippen LogP contribution in [0.5, 0.6) is 0 Å². The van der Waals surface area contributed by atoms with Gasteiger partial charge in [-0.3, -0.25) is 19.5 Å². The van der Waals surface area contributed by atoms with E-state index in [0.717, 1.165) is 24.3 Å². The van der Waals surface area contributed by atoms with Gasteiger partial charge in [-0.1, -0.05) is 20.8 Å². The lowest BCUT2D eigenvalue weighted by Gasteiger charge is -2.34. The molecule has 2 rings (SSSR count). The Labute approximate surface area is 125 Å². The van der Waals surface area contributed by atoms with Crippen LogP contribution in [0, 0.1) is 5.41 Å². The highest BCUT2D eigenvalue weighted by Crippen LogP contribution is 2.32. The minimum absolute atomic E-state index is 0.107. The number of carbonyl (C=O) groups excluding carboxylic acids is 2. The number of likely N-dealkylation sites (tertiary alicyclic amines) is 1. The number of piperidine rings is 1. The number of imide groups is 1. The summed E-state index contributed by atoms with van der Waals surface area (Å²) >= 11 is 0. The molecule has 1 aromatic heterocycles. The topological polar surface area (TPSA) is 62.3 Å². The summed E-state index contributed by atoms with van der Waals surface area (Å²) in [7, 11) is 0. The summed E-state index contributed by atoms with van der Waals surface area (Å²) in [4.78, 5) is 29.9. The monoisotopic (exact) mass is 289 g/mol. The lowest BCUT2D eigenvalue weighted by molar-refractivity contribution is -0.153. The Morgan fingerprint density at radius 2 is 1.95 bits per heavy atom. The number of amides is 2. The van der Waals surface area contributed by atoms with Crippen molar-refractivity contribution in [2.24, 2.45) is 5.41 Å². The van der Waals surface area contributed by atoms with Gasteiger partial charge >= 0.3 is 0 Å². The summed E-state index contributed by atoms with van der Waals surface area (Å²) < 4.78 is 0. The Morgan fingerprint density at radius 3 is 2.57 bits per heavy atom. The number of anilines is 1. The van der Waals surface area contributed by atoms with Crippen LogP contribution >= 0.6 is 0 Å². The second-order valence-corrected chi connectivity index (χ2v) is 6.35. The van der Waals surface area contributed by atoms with Crippen molar-refractivity contribution in [2.45, 2.75) is 46.6 Å². The highest BCUT2D eigenvalue weighted by Gasteiger charge is 2.37. The SMILES string of the molecule is CCCNc1ccnc(CN2C(=O)CC(C)(C)CC2=O)c1. The Hall–Kier alpha value is -1.91. The van der Waals surface area contributed by atoms with E-state index in [-0.39, 0.29) is 23.8 Å². The van der Waals surface area contributed by atoms with E-state index in [0.29, 0.717) is 12.8 Å². The highest BCUT2D eigenvalue weighted by molar-refractivity contribution is 5.98. The molecular weight excluding hydrogens is 266 g/mol. The molecule has 1 aromatic rings. The third-order valence-corrected chi connectivity index (χ3v) is 3.58. The van der Waals surface area contributed by atoms with Crippen molar-refractivity contribution in [2.75, 3.05) is 11.9 Å². The molecule has 0 aliphatic carbocycles. The van der Waals surface area contributed by atoms with Gasteiger partial charge in [0.1, 0.15) is 0 Å². The fraction of sp³-hybridized carbons (Fsp3) is 0.562. The van der Waals surface area contributed by atoms with Crippen LogP contribution in [-0.4, -0.2) is 28.2 Å². The lowest BCUT2D eigenvalue weighted by atomic mass is 9.82. The second-order valence-electron chi connectivity index (χ2n) is 6.35. The average molecular weight is 289 g/mol. The van der Waals surface area contributed by atoms with E-state index in [2.05, 4.69) is 17.2 Å². The lowest BCUT2D eigenvalue weighted by Crippen LogP contribution is -2.45. The minimum atomic E-state index is -0.234. The van der Waals surface area contributed by atoms with Gasteiger partial charge in [0.25, 0.3) is 0 Å². The molecule has 0 aromatic carbocycles. The van der Waals surface area contributed by atoms with E-state index in [1.54, 1.807) is 6.20 Å². The molecule has 1 aliphatic rings. The van der Waals surface area contributed by atoms with Gasteiger partial charge in [-0.25, -0.2) is 0 Å². The maximum absolute atomic E-state index is 12.1. The number of nitrogens with zero attached hydrogens (tertiary/aromatic N) is 2. The van der Waals surface area contributed by atoms with Crippen LogP contribution in [0.1, 0.15) is 45.7 Å². The zero-order chi connectivity index (χ0) is 15.5. The fourth-order valence-electron chi connectivity index (χ4n) is 2.49. The van der Waals surface area contributed by atoms with Gasteiger partial charge in [-0.15, -0.1) is 0 Å². The summed E-state index contributed by atoms with van der Waals surface area (Å²) in [6.45, 7) is 7.15. The van der Waals surface area contributed by atoms with Gasteiger partial charge < -0.3 is 5.32 Å². The predicted molar refractivity (Wildman–Crippen MR) is 81.6 cm³/mol. The first-order chi connectivity index (χ1) is 9.91. The molecule has 1 N–H and O–H groups in total. The fourth-order valence-corrected chi connectivity index (χ4v) is 2.49. The van der Waals surface area contributed by atoms with Crippen LogP contribution in [0.3, 0.4) is 0 Å². The molecule has 1 aliphatic heterocycles. The number of rotatable bonds is 5. The summed E-state index contributed by atoms with van der Waals surface area (Å²) in [5.74, 6) is -0.213. The first-order valence-corrected chi connectivity index (χ1v) is 7.43. The molecule has 5 heteroatoms. The van der Waals surface area contributed by atoms with Gasteiger partial charge in [0.15, 0.2) is 0 Å². The van der Waals surface area contributed by atoms with Crippen LogP contribution in [-0.2, 0) is 16.1 Å². The van der Waals surface area contributed by atoms with E-state index >= 15 is 0 Å². The van der Waals surface area contributed by atoms with E-state index in [1.165, 1.54) is 4.90 Å². The molecule has 2 amide bonds. The molecule has 21 heavy (non-hydrogen) atoms. The Bertz CT molecular complexity index is 520. The maximum atomic E-state index is 12.1. The van der Waals surface area contributed by atoms with E-state index in [1.807, 2.05) is 26.0 Å². The van der Waals surface area contributed by atoms with Gasteiger partial charge in [0, 0.05) is 31.3 Å². The number of hydrogen-bond donors (Lipinski definition) is 1. The van der Waals surface area contributed by atoms with E-state index in [4.69, 9.17) is 0 Å². The largest absolute Gasteiger partial charge is 0.385 e. The molecular formula is C16H23N3O2. The normalized spacial score (nSPS) is 18.0. The zero-order valence-corrected chi connectivity index (χ0v) is 13.0. The molecule has 0 atom stereocenters. The van der Waals surface area contributed by atoms with Crippen molar-refractivity contribution in [3.63, 3.8) is 0 Å². The first-order valence-electron chi connectivity index (χ1n) is 7.43. The van der Waals surface area contributed by atoms with Crippen molar-refractivity contribution in [1.29, 1.82) is 0 Å². The number of hydrogen-bond acceptors (Lipinski definition) is 4. The summed E-state index contributed by atoms with van der Waals surface area (Å²) in [5, 5.41) is 3.28. The molecule has 0 spiro atoms. The van der Waals surface area contributed by atoms with E-state index in [9.17, 15) is 9.59 Å². The van der Waals surface area contributed by atoms with Crippen LogP contribution in [0.4, 0.5) is 5.69 Å². The number of nitrogens with one attached hydrogen (secondary N) is 1. The maximum Gasteiger partial charge on any atom is 0.230 e. The summed E-state index contributed by atoms with van der Waals surface area (Å²) in [6, 6.07) is 3.79. The Kier molecular flexibility index (Phi) is 4.60. The number of aromatic nitrogens is 1.